The summed E-state index contributed by atoms with van der Waals surface area (Å²) in [6, 6.07) is 12.3. The third kappa shape index (κ3) is 3.40. The van der Waals surface area contributed by atoms with Crippen LogP contribution in [0.1, 0.15) is 33.9 Å². The van der Waals surface area contributed by atoms with E-state index in [1.54, 1.807) is 0 Å². The summed E-state index contributed by atoms with van der Waals surface area (Å²) in [4.78, 5) is 0. The van der Waals surface area contributed by atoms with Crippen molar-refractivity contribution in [3.8, 4) is 5.75 Å². The summed E-state index contributed by atoms with van der Waals surface area (Å²) in [6.07, 6.45) is 0. The molecule has 0 saturated heterocycles. The maximum Gasteiger partial charge on any atom is 0.119 e. The Balaban J connectivity index is 2.11. The van der Waals surface area contributed by atoms with Gasteiger partial charge in [-0.3, -0.25) is 0 Å². The molecule has 0 fully saturated rings. The average Bonchev–Trinajstić information content (AvgIpc) is 2.35. The highest BCUT2D eigenvalue weighted by atomic mass is 16.5. The molecule has 106 valence electrons. The van der Waals surface area contributed by atoms with Crippen molar-refractivity contribution in [1.29, 1.82) is 0 Å². The molecular formula is C18H23NO. The van der Waals surface area contributed by atoms with Crippen molar-refractivity contribution in [1.82, 2.24) is 0 Å². The van der Waals surface area contributed by atoms with E-state index in [1.807, 2.05) is 18.2 Å². The van der Waals surface area contributed by atoms with E-state index in [4.69, 9.17) is 10.5 Å². The van der Waals surface area contributed by atoms with Crippen molar-refractivity contribution < 1.29 is 4.74 Å². The molecule has 2 aromatic rings. The molecule has 2 N–H and O–H groups in total. The zero-order valence-corrected chi connectivity index (χ0v) is 12.7. The van der Waals surface area contributed by atoms with Gasteiger partial charge in [0.05, 0.1) is 6.04 Å². The summed E-state index contributed by atoms with van der Waals surface area (Å²) in [5, 5.41) is 0. The van der Waals surface area contributed by atoms with Gasteiger partial charge in [0.1, 0.15) is 12.4 Å². The van der Waals surface area contributed by atoms with Crippen molar-refractivity contribution in [3.05, 3.63) is 64.2 Å². The predicted molar refractivity (Wildman–Crippen MR) is 84.3 cm³/mol. The van der Waals surface area contributed by atoms with Crippen molar-refractivity contribution in [2.45, 2.75) is 33.7 Å². The maximum absolute atomic E-state index is 6.31. The van der Waals surface area contributed by atoms with Gasteiger partial charge in [-0.25, -0.2) is 0 Å². The molecular weight excluding hydrogens is 246 g/mol. The summed E-state index contributed by atoms with van der Waals surface area (Å²) in [7, 11) is 0. The minimum absolute atomic E-state index is 0.101. The maximum atomic E-state index is 6.31. The van der Waals surface area contributed by atoms with Crippen LogP contribution in [0.5, 0.6) is 5.75 Å². The molecule has 0 aliphatic carbocycles. The molecule has 2 nitrogen and oxygen atoms in total. The summed E-state index contributed by atoms with van der Waals surface area (Å²) >= 11 is 0. The van der Waals surface area contributed by atoms with Gasteiger partial charge in [-0.05, 0) is 62.1 Å². The smallest absolute Gasteiger partial charge is 0.119 e. The first-order valence-electron chi connectivity index (χ1n) is 7.00. The Kier molecular flexibility index (Phi) is 4.46. The quantitative estimate of drug-likeness (QED) is 0.910. The van der Waals surface area contributed by atoms with Gasteiger partial charge < -0.3 is 10.5 Å². The zero-order chi connectivity index (χ0) is 14.7. The molecule has 0 saturated carbocycles. The first-order chi connectivity index (χ1) is 9.47. The van der Waals surface area contributed by atoms with Gasteiger partial charge in [0.2, 0.25) is 0 Å². The van der Waals surface area contributed by atoms with Gasteiger partial charge in [0.25, 0.3) is 0 Å². The summed E-state index contributed by atoms with van der Waals surface area (Å²) < 4.78 is 5.82. The molecule has 0 aliphatic heterocycles. The van der Waals surface area contributed by atoms with Crippen LogP contribution in [0.4, 0.5) is 0 Å². The highest BCUT2D eigenvalue weighted by Gasteiger charge is 2.13. The van der Waals surface area contributed by atoms with Gasteiger partial charge in [0, 0.05) is 0 Å². The van der Waals surface area contributed by atoms with Gasteiger partial charge in [-0.1, -0.05) is 29.8 Å². The molecule has 0 spiro atoms. The van der Waals surface area contributed by atoms with Gasteiger partial charge >= 0.3 is 0 Å². The van der Waals surface area contributed by atoms with Crippen molar-refractivity contribution >= 4 is 0 Å². The second-order valence-corrected chi connectivity index (χ2v) is 5.55. The highest BCUT2D eigenvalue weighted by Crippen LogP contribution is 2.23. The summed E-state index contributed by atoms with van der Waals surface area (Å²) in [6.45, 7) is 8.89. The van der Waals surface area contributed by atoms with E-state index in [1.165, 1.54) is 27.8 Å². The first kappa shape index (κ1) is 14.6. The molecule has 0 heterocycles. The van der Waals surface area contributed by atoms with Crippen molar-refractivity contribution in [2.24, 2.45) is 5.73 Å². The lowest BCUT2D eigenvalue weighted by Gasteiger charge is -2.19. The second-order valence-electron chi connectivity index (χ2n) is 5.55. The SMILES string of the molecule is Cc1cccc(OCC(N)c2c(C)cc(C)cc2C)c1. The van der Waals surface area contributed by atoms with E-state index in [2.05, 4.69) is 45.9 Å². The molecule has 1 unspecified atom stereocenters. The molecule has 2 rings (SSSR count). The third-order valence-electron chi connectivity index (χ3n) is 3.53. The van der Waals surface area contributed by atoms with Crippen molar-refractivity contribution in [3.63, 3.8) is 0 Å². The molecule has 0 amide bonds. The lowest BCUT2D eigenvalue weighted by molar-refractivity contribution is 0.290. The minimum atomic E-state index is -0.101. The number of ether oxygens (including phenoxy) is 1. The Morgan fingerprint density at radius 2 is 1.60 bits per heavy atom. The normalized spacial score (nSPS) is 12.2. The first-order valence-corrected chi connectivity index (χ1v) is 7.00. The fraction of sp³-hybridized carbons (Fsp3) is 0.333. The Morgan fingerprint density at radius 3 is 2.20 bits per heavy atom. The summed E-state index contributed by atoms with van der Waals surface area (Å²) in [5.41, 5.74) is 12.4. The van der Waals surface area contributed by atoms with E-state index >= 15 is 0 Å². The van der Waals surface area contributed by atoms with E-state index in [9.17, 15) is 0 Å². The lowest BCUT2D eigenvalue weighted by atomic mass is 9.95. The third-order valence-corrected chi connectivity index (χ3v) is 3.53. The second kappa shape index (κ2) is 6.10. The van der Waals surface area contributed by atoms with E-state index < -0.39 is 0 Å². The molecule has 0 aliphatic rings. The minimum Gasteiger partial charge on any atom is -0.492 e. The Bertz CT molecular complexity index is 581. The Hall–Kier alpha value is -1.80. The Morgan fingerprint density at radius 1 is 0.950 bits per heavy atom. The number of hydrogen-bond donors (Lipinski definition) is 1. The zero-order valence-electron chi connectivity index (χ0n) is 12.7. The standard InChI is InChI=1S/C18H23NO/c1-12-6-5-7-16(10-12)20-11-17(19)18-14(3)8-13(2)9-15(18)4/h5-10,17H,11,19H2,1-4H3. The fourth-order valence-electron chi connectivity index (χ4n) is 2.75. The van der Waals surface area contributed by atoms with Gasteiger partial charge in [-0.15, -0.1) is 0 Å². The van der Waals surface area contributed by atoms with Gasteiger partial charge in [-0.2, -0.15) is 0 Å². The number of hydrogen-bond acceptors (Lipinski definition) is 2. The van der Waals surface area contributed by atoms with Crippen LogP contribution in [0.3, 0.4) is 0 Å². The molecule has 2 heteroatoms. The molecule has 2 aromatic carbocycles. The highest BCUT2D eigenvalue weighted by molar-refractivity contribution is 5.39. The van der Waals surface area contributed by atoms with Gasteiger partial charge in [0.15, 0.2) is 0 Å². The van der Waals surface area contributed by atoms with E-state index in [0.717, 1.165) is 5.75 Å². The predicted octanol–water partition coefficient (Wildman–Crippen LogP) is 4.00. The van der Waals surface area contributed by atoms with Crippen LogP contribution >= 0.6 is 0 Å². The molecule has 0 aromatic heterocycles. The Labute approximate surface area is 121 Å². The van der Waals surface area contributed by atoms with Crippen LogP contribution < -0.4 is 10.5 Å². The van der Waals surface area contributed by atoms with Crippen LogP contribution in [0.15, 0.2) is 36.4 Å². The number of aryl methyl sites for hydroxylation is 4. The lowest BCUT2D eigenvalue weighted by Crippen LogP contribution is -2.21. The van der Waals surface area contributed by atoms with E-state index in [-0.39, 0.29) is 6.04 Å². The molecule has 1 atom stereocenters. The molecule has 0 bridgehead atoms. The van der Waals surface area contributed by atoms with Crippen LogP contribution in [-0.4, -0.2) is 6.61 Å². The topological polar surface area (TPSA) is 35.2 Å². The number of benzene rings is 2. The largest absolute Gasteiger partial charge is 0.492 e. The molecule has 0 radical (unpaired) electrons. The number of rotatable bonds is 4. The van der Waals surface area contributed by atoms with E-state index in [0.29, 0.717) is 6.61 Å². The summed E-state index contributed by atoms with van der Waals surface area (Å²) in [5.74, 6) is 0.878. The number of nitrogens with two attached hydrogens (primary N) is 1. The van der Waals surface area contributed by atoms with Crippen LogP contribution in [0, 0.1) is 27.7 Å². The monoisotopic (exact) mass is 269 g/mol. The van der Waals surface area contributed by atoms with Crippen LogP contribution in [0.25, 0.3) is 0 Å². The molecule has 20 heavy (non-hydrogen) atoms. The fourth-order valence-corrected chi connectivity index (χ4v) is 2.75. The van der Waals surface area contributed by atoms with Crippen LogP contribution in [0.2, 0.25) is 0 Å². The van der Waals surface area contributed by atoms with Crippen molar-refractivity contribution in [2.75, 3.05) is 6.61 Å². The van der Waals surface area contributed by atoms with Crippen LogP contribution in [-0.2, 0) is 0 Å². The average molecular weight is 269 g/mol.